The van der Waals surface area contributed by atoms with Crippen LogP contribution in [0.1, 0.15) is 52.7 Å². The number of aliphatic imine (C=N–C) groups is 1. The lowest BCUT2D eigenvalue weighted by atomic mass is 9.86. The standard InChI is InChI=1S/C20H30N2/c1-9-14(2)16(4)21-17(5)22-19-11-10-15(3)18(12-19)13-20(6,7)8/h9-12,22H,5,13H2,1-4,6-8H3/b14-9-,21-16?. The van der Waals surface area contributed by atoms with Gasteiger partial charge in [-0.25, -0.2) is 4.99 Å². The molecule has 0 saturated heterocycles. The van der Waals surface area contributed by atoms with Crippen LogP contribution in [-0.4, -0.2) is 5.71 Å². The third-order valence-electron chi connectivity index (χ3n) is 3.66. The monoisotopic (exact) mass is 298 g/mol. The smallest absolute Gasteiger partial charge is 0.123 e. The van der Waals surface area contributed by atoms with E-state index in [1.165, 1.54) is 16.7 Å². The second kappa shape index (κ2) is 7.44. The van der Waals surface area contributed by atoms with Crippen molar-refractivity contribution in [2.24, 2.45) is 10.4 Å². The van der Waals surface area contributed by atoms with E-state index in [1.54, 1.807) is 0 Å². The van der Waals surface area contributed by atoms with Crippen LogP contribution >= 0.6 is 0 Å². The van der Waals surface area contributed by atoms with Crippen molar-refractivity contribution >= 4 is 11.4 Å². The molecule has 22 heavy (non-hydrogen) atoms. The SMILES string of the molecule is C=C(N=C(C)/C(C)=C\C)Nc1ccc(C)c(CC(C)(C)C)c1. The van der Waals surface area contributed by atoms with Gasteiger partial charge in [0.05, 0.1) is 0 Å². The van der Waals surface area contributed by atoms with Crippen LogP contribution in [0.15, 0.2) is 47.2 Å². The maximum absolute atomic E-state index is 4.51. The van der Waals surface area contributed by atoms with Gasteiger partial charge in [-0.3, -0.25) is 0 Å². The predicted molar refractivity (Wildman–Crippen MR) is 99.6 cm³/mol. The van der Waals surface area contributed by atoms with E-state index in [9.17, 15) is 0 Å². The Hall–Kier alpha value is -1.83. The zero-order chi connectivity index (χ0) is 16.9. The fourth-order valence-electron chi connectivity index (χ4n) is 2.21. The fraction of sp³-hybridized carbons (Fsp3) is 0.450. The van der Waals surface area contributed by atoms with E-state index in [0.29, 0.717) is 5.82 Å². The van der Waals surface area contributed by atoms with E-state index in [-0.39, 0.29) is 5.41 Å². The molecular formula is C20H30N2. The zero-order valence-electron chi connectivity index (χ0n) is 15.2. The summed E-state index contributed by atoms with van der Waals surface area (Å²) in [5, 5.41) is 3.30. The van der Waals surface area contributed by atoms with Crippen molar-refractivity contribution in [3.63, 3.8) is 0 Å². The lowest BCUT2D eigenvalue weighted by Crippen LogP contribution is -2.10. The van der Waals surface area contributed by atoms with Crippen molar-refractivity contribution in [2.45, 2.75) is 54.9 Å². The summed E-state index contributed by atoms with van der Waals surface area (Å²) in [6.07, 6.45) is 3.11. The van der Waals surface area contributed by atoms with Crippen molar-refractivity contribution in [3.8, 4) is 0 Å². The van der Waals surface area contributed by atoms with Crippen molar-refractivity contribution in [2.75, 3.05) is 5.32 Å². The summed E-state index contributed by atoms with van der Waals surface area (Å²) in [4.78, 5) is 4.51. The molecule has 0 bridgehead atoms. The summed E-state index contributed by atoms with van der Waals surface area (Å²) in [7, 11) is 0. The Labute approximate surface area is 136 Å². The molecule has 0 heterocycles. The van der Waals surface area contributed by atoms with Crippen LogP contribution in [-0.2, 0) is 6.42 Å². The van der Waals surface area contributed by atoms with Crippen LogP contribution in [0.2, 0.25) is 0 Å². The maximum atomic E-state index is 4.51. The van der Waals surface area contributed by atoms with Crippen LogP contribution in [0, 0.1) is 12.3 Å². The number of rotatable bonds is 5. The molecule has 2 nitrogen and oxygen atoms in total. The molecule has 1 rings (SSSR count). The lowest BCUT2D eigenvalue weighted by Gasteiger charge is -2.20. The van der Waals surface area contributed by atoms with E-state index < -0.39 is 0 Å². The van der Waals surface area contributed by atoms with E-state index in [2.05, 4.69) is 75.8 Å². The van der Waals surface area contributed by atoms with Crippen molar-refractivity contribution in [1.82, 2.24) is 0 Å². The molecule has 0 aromatic heterocycles. The van der Waals surface area contributed by atoms with Gasteiger partial charge in [0.15, 0.2) is 0 Å². The van der Waals surface area contributed by atoms with Gasteiger partial charge in [-0.15, -0.1) is 0 Å². The maximum Gasteiger partial charge on any atom is 0.123 e. The lowest BCUT2D eigenvalue weighted by molar-refractivity contribution is 0.410. The highest BCUT2D eigenvalue weighted by Gasteiger charge is 2.13. The second-order valence-electron chi connectivity index (χ2n) is 7.12. The summed E-state index contributed by atoms with van der Waals surface area (Å²) < 4.78 is 0. The van der Waals surface area contributed by atoms with Gasteiger partial charge in [-0.1, -0.05) is 39.5 Å². The van der Waals surface area contributed by atoms with Gasteiger partial charge >= 0.3 is 0 Å². The molecule has 0 spiro atoms. The van der Waals surface area contributed by atoms with E-state index in [4.69, 9.17) is 0 Å². The minimum atomic E-state index is 0.276. The summed E-state index contributed by atoms with van der Waals surface area (Å²) in [5.74, 6) is 0.671. The van der Waals surface area contributed by atoms with Gasteiger partial charge in [-0.05, 0) is 68.4 Å². The average molecular weight is 298 g/mol. The molecule has 1 N–H and O–H groups in total. The number of anilines is 1. The van der Waals surface area contributed by atoms with E-state index in [1.807, 2.05) is 13.8 Å². The van der Waals surface area contributed by atoms with Gasteiger partial charge in [0.25, 0.3) is 0 Å². The van der Waals surface area contributed by atoms with Crippen molar-refractivity contribution in [1.29, 1.82) is 0 Å². The summed E-state index contributed by atoms with van der Waals surface area (Å²) in [6, 6.07) is 6.45. The van der Waals surface area contributed by atoms with Crippen LogP contribution in [0.5, 0.6) is 0 Å². The number of hydrogen-bond donors (Lipinski definition) is 1. The molecule has 0 saturated carbocycles. The van der Waals surface area contributed by atoms with Crippen molar-refractivity contribution < 1.29 is 0 Å². The Morgan fingerprint density at radius 2 is 1.91 bits per heavy atom. The Morgan fingerprint density at radius 1 is 1.27 bits per heavy atom. The third kappa shape index (κ3) is 5.88. The largest absolute Gasteiger partial charge is 0.341 e. The van der Waals surface area contributed by atoms with Gasteiger partial charge in [0, 0.05) is 11.4 Å². The molecule has 0 atom stereocenters. The molecule has 1 aromatic rings. The molecule has 0 unspecified atom stereocenters. The predicted octanol–water partition coefficient (Wildman–Crippen LogP) is 5.89. The molecule has 0 radical (unpaired) electrons. The Bertz CT molecular complexity index is 599. The van der Waals surface area contributed by atoms with Gasteiger partial charge in [-0.2, -0.15) is 0 Å². The number of nitrogens with zero attached hydrogens (tertiary/aromatic N) is 1. The number of hydrogen-bond acceptors (Lipinski definition) is 2. The second-order valence-corrected chi connectivity index (χ2v) is 7.12. The van der Waals surface area contributed by atoms with Gasteiger partial charge in [0.2, 0.25) is 0 Å². The highest BCUT2D eigenvalue weighted by molar-refractivity contribution is 5.98. The highest BCUT2D eigenvalue weighted by Crippen LogP contribution is 2.25. The van der Waals surface area contributed by atoms with Crippen molar-refractivity contribution in [3.05, 3.63) is 53.4 Å². The topological polar surface area (TPSA) is 24.4 Å². The summed E-state index contributed by atoms with van der Waals surface area (Å²) in [6.45, 7) is 19.0. The minimum Gasteiger partial charge on any atom is -0.341 e. The summed E-state index contributed by atoms with van der Waals surface area (Å²) >= 11 is 0. The van der Waals surface area contributed by atoms with Gasteiger partial charge in [0.1, 0.15) is 5.82 Å². The number of nitrogens with one attached hydrogen (secondary N) is 1. The minimum absolute atomic E-state index is 0.276. The molecule has 0 aliphatic heterocycles. The van der Waals surface area contributed by atoms with Crippen LogP contribution in [0.25, 0.3) is 0 Å². The third-order valence-corrected chi connectivity index (χ3v) is 3.66. The molecule has 120 valence electrons. The molecule has 0 fully saturated rings. The zero-order valence-corrected chi connectivity index (χ0v) is 15.2. The molecule has 2 heteroatoms. The first-order valence-corrected chi connectivity index (χ1v) is 7.86. The molecular weight excluding hydrogens is 268 g/mol. The number of allylic oxidation sites excluding steroid dienone is 2. The quantitative estimate of drug-likeness (QED) is 0.673. The normalized spacial score (nSPS) is 13.2. The summed E-state index contributed by atoms with van der Waals surface area (Å²) in [5.41, 5.74) is 6.18. The number of benzene rings is 1. The number of aryl methyl sites for hydroxylation is 1. The van der Waals surface area contributed by atoms with Crippen LogP contribution in [0.4, 0.5) is 5.69 Å². The fourth-order valence-corrected chi connectivity index (χ4v) is 2.21. The first-order chi connectivity index (χ1) is 10.1. The first-order valence-electron chi connectivity index (χ1n) is 7.86. The molecule has 0 aliphatic rings. The molecule has 0 aliphatic carbocycles. The van der Waals surface area contributed by atoms with E-state index >= 15 is 0 Å². The van der Waals surface area contributed by atoms with Gasteiger partial charge < -0.3 is 5.32 Å². The Kier molecular flexibility index (Phi) is 6.16. The molecule has 0 amide bonds. The first kappa shape index (κ1) is 18.2. The Morgan fingerprint density at radius 3 is 2.45 bits per heavy atom. The highest BCUT2D eigenvalue weighted by atomic mass is 15.0. The van der Waals surface area contributed by atoms with Crippen LogP contribution in [0.3, 0.4) is 0 Å². The van der Waals surface area contributed by atoms with Crippen LogP contribution < -0.4 is 5.32 Å². The van der Waals surface area contributed by atoms with E-state index in [0.717, 1.165) is 17.8 Å². The Balaban J connectivity index is 2.91. The average Bonchev–Trinajstić information content (AvgIpc) is 2.39. The molecule has 1 aromatic carbocycles.